The van der Waals surface area contributed by atoms with Crippen molar-refractivity contribution in [3.8, 4) is 11.4 Å². The Hall–Kier alpha value is -3.12. The van der Waals surface area contributed by atoms with E-state index in [4.69, 9.17) is 16.3 Å². The summed E-state index contributed by atoms with van der Waals surface area (Å²) in [6.45, 7) is 4.79. The highest BCUT2D eigenvalue weighted by Crippen LogP contribution is 2.22. The van der Waals surface area contributed by atoms with Gasteiger partial charge in [0.1, 0.15) is 10.9 Å². The number of amides is 1. The summed E-state index contributed by atoms with van der Waals surface area (Å²) in [7, 11) is 0. The number of benzene rings is 2. The Morgan fingerprint density at radius 2 is 1.66 bits per heavy atom. The van der Waals surface area contributed by atoms with E-state index < -0.39 is 0 Å². The fourth-order valence-corrected chi connectivity index (χ4v) is 4.07. The summed E-state index contributed by atoms with van der Waals surface area (Å²) in [6, 6.07) is 16.7. The van der Waals surface area contributed by atoms with Crippen LogP contribution in [-0.4, -0.2) is 28.5 Å². The van der Waals surface area contributed by atoms with Crippen molar-refractivity contribution in [3.05, 3.63) is 76.6 Å². The van der Waals surface area contributed by atoms with Gasteiger partial charge in [-0.05, 0) is 49.7 Å². The number of para-hydroxylation sites is 1. The first kappa shape index (κ1) is 26.5. The average molecular weight is 495 g/mol. The van der Waals surface area contributed by atoms with Crippen LogP contribution in [0.1, 0.15) is 79.9 Å². The maximum Gasteiger partial charge on any atom is 0.271 e. The summed E-state index contributed by atoms with van der Waals surface area (Å²) in [5.41, 5.74) is 5.28. The summed E-state index contributed by atoms with van der Waals surface area (Å²) in [5, 5.41) is 8.98. The van der Waals surface area contributed by atoms with Crippen LogP contribution >= 0.6 is 11.6 Å². The van der Waals surface area contributed by atoms with Gasteiger partial charge < -0.3 is 4.74 Å². The molecule has 3 aromatic rings. The predicted octanol–water partition coefficient (Wildman–Crippen LogP) is 7.12. The van der Waals surface area contributed by atoms with Crippen molar-refractivity contribution in [1.29, 1.82) is 0 Å². The summed E-state index contributed by atoms with van der Waals surface area (Å²) < 4.78 is 7.45. The van der Waals surface area contributed by atoms with E-state index in [2.05, 4.69) is 22.5 Å². The zero-order valence-corrected chi connectivity index (χ0v) is 21.4. The molecule has 1 heterocycles. The van der Waals surface area contributed by atoms with Crippen molar-refractivity contribution in [2.24, 2.45) is 5.10 Å². The number of nitrogens with zero attached hydrogens (tertiary/aromatic N) is 3. The molecule has 6 nitrogen and oxygen atoms in total. The number of aryl methyl sites for hydroxylation is 1. The lowest BCUT2D eigenvalue weighted by Gasteiger charge is -2.07. The van der Waals surface area contributed by atoms with Crippen molar-refractivity contribution in [2.45, 2.75) is 65.2 Å². The van der Waals surface area contributed by atoms with E-state index in [1.165, 1.54) is 51.2 Å². The maximum absolute atomic E-state index is 12.4. The highest BCUT2D eigenvalue weighted by Gasteiger charge is 2.13. The summed E-state index contributed by atoms with van der Waals surface area (Å²) in [5.74, 6) is 0.462. The maximum atomic E-state index is 12.4. The number of hydrogen-bond acceptors (Lipinski definition) is 4. The number of halogens is 1. The lowest BCUT2D eigenvalue weighted by molar-refractivity contribution is 0.0955. The summed E-state index contributed by atoms with van der Waals surface area (Å²) >= 11 is 6.49. The molecule has 1 aromatic heterocycles. The largest absolute Gasteiger partial charge is 0.494 e. The number of hydrogen-bond donors (Lipinski definition) is 1. The second kappa shape index (κ2) is 14.3. The number of nitrogens with one attached hydrogen (secondary N) is 1. The second-order valence-electron chi connectivity index (χ2n) is 8.58. The van der Waals surface area contributed by atoms with E-state index in [9.17, 15) is 4.79 Å². The Morgan fingerprint density at radius 3 is 2.34 bits per heavy atom. The zero-order chi connectivity index (χ0) is 24.9. The van der Waals surface area contributed by atoms with Crippen molar-refractivity contribution >= 4 is 23.7 Å². The van der Waals surface area contributed by atoms with Gasteiger partial charge in [0.15, 0.2) is 0 Å². The monoisotopic (exact) mass is 494 g/mol. The highest BCUT2D eigenvalue weighted by atomic mass is 35.5. The molecule has 0 fully saturated rings. The molecule has 0 aliphatic carbocycles. The Labute approximate surface area is 213 Å². The predicted molar refractivity (Wildman–Crippen MR) is 143 cm³/mol. The van der Waals surface area contributed by atoms with Gasteiger partial charge in [0, 0.05) is 5.56 Å². The molecule has 0 unspecified atom stereocenters. The normalized spacial score (nSPS) is 11.2. The van der Waals surface area contributed by atoms with Crippen molar-refractivity contribution in [1.82, 2.24) is 15.2 Å². The Balaban J connectivity index is 1.43. The molecule has 0 spiro atoms. The van der Waals surface area contributed by atoms with E-state index in [-0.39, 0.29) is 5.91 Å². The molecule has 0 saturated heterocycles. The van der Waals surface area contributed by atoms with Gasteiger partial charge in [-0.2, -0.15) is 10.2 Å². The lowest BCUT2D eigenvalue weighted by atomic mass is 10.1. The van der Waals surface area contributed by atoms with Crippen molar-refractivity contribution in [3.63, 3.8) is 0 Å². The van der Waals surface area contributed by atoms with Gasteiger partial charge >= 0.3 is 0 Å². The van der Waals surface area contributed by atoms with Crippen LogP contribution in [0.15, 0.2) is 59.7 Å². The molecule has 3 rings (SSSR count). The Kier molecular flexibility index (Phi) is 10.8. The molecule has 2 aromatic carbocycles. The summed E-state index contributed by atoms with van der Waals surface area (Å²) in [6.07, 6.45) is 11.7. The first-order valence-electron chi connectivity index (χ1n) is 12.5. The van der Waals surface area contributed by atoms with Gasteiger partial charge in [-0.1, -0.05) is 81.7 Å². The number of hydrazone groups is 1. The quantitative estimate of drug-likeness (QED) is 0.147. The van der Waals surface area contributed by atoms with E-state index in [0.29, 0.717) is 22.9 Å². The average Bonchev–Trinajstić information content (AvgIpc) is 3.17. The van der Waals surface area contributed by atoms with Crippen LogP contribution in [0.4, 0.5) is 0 Å². The third-order valence-corrected chi connectivity index (χ3v) is 6.16. The minimum absolute atomic E-state index is 0.305. The van der Waals surface area contributed by atoms with E-state index in [1.54, 1.807) is 16.8 Å². The number of carbonyl (C=O) groups excluding carboxylic acids is 1. The molecule has 0 bridgehead atoms. The van der Waals surface area contributed by atoms with Crippen LogP contribution in [0, 0.1) is 6.92 Å². The molecule has 0 atom stereocenters. The first-order chi connectivity index (χ1) is 17.1. The van der Waals surface area contributed by atoms with Crippen LogP contribution < -0.4 is 10.2 Å². The van der Waals surface area contributed by atoms with Crippen LogP contribution in [-0.2, 0) is 0 Å². The van der Waals surface area contributed by atoms with Crippen molar-refractivity contribution < 1.29 is 9.53 Å². The van der Waals surface area contributed by atoms with E-state index >= 15 is 0 Å². The topological polar surface area (TPSA) is 68.5 Å². The molecule has 1 amide bonds. The third kappa shape index (κ3) is 8.25. The molecule has 186 valence electrons. The van der Waals surface area contributed by atoms with Gasteiger partial charge in [-0.25, -0.2) is 10.1 Å². The molecule has 0 aliphatic rings. The number of unbranched alkanes of at least 4 members (excludes halogenated alkanes) is 7. The van der Waals surface area contributed by atoms with Crippen molar-refractivity contribution in [2.75, 3.05) is 6.61 Å². The zero-order valence-electron chi connectivity index (χ0n) is 20.7. The second-order valence-corrected chi connectivity index (χ2v) is 8.94. The third-order valence-electron chi connectivity index (χ3n) is 5.79. The van der Waals surface area contributed by atoms with Gasteiger partial charge in [0.05, 0.1) is 29.8 Å². The number of ether oxygens (including phenoxy) is 1. The molecular weight excluding hydrogens is 460 g/mol. The fraction of sp³-hybridized carbons (Fsp3) is 0.393. The van der Waals surface area contributed by atoms with E-state index in [1.807, 2.05) is 49.4 Å². The minimum atomic E-state index is -0.305. The molecule has 0 saturated carbocycles. The van der Waals surface area contributed by atoms with Crippen LogP contribution in [0.3, 0.4) is 0 Å². The SMILES string of the molecule is CCCCCCCCCCOc1ccc(C(=O)NN=Cc2c(C)nn(-c3ccccc3)c2Cl)cc1. The molecular formula is C28H35ClN4O2. The van der Waals surface area contributed by atoms with Gasteiger partial charge in [-0.3, -0.25) is 4.79 Å². The van der Waals surface area contributed by atoms with Crippen LogP contribution in [0.5, 0.6) is 5.75 Å². The molecule has 0 aliphatic heterocycles. The molecule has 35 heavy (non-hydrogen) atoms. The van der Waals surface area contributed by atoms with Gasteiger partial charge in [-0.15, -0.1) is 0 Å². The number of aromatic nitrogens is 2. The van der Waals surface area contributed by atoms with Crippen LogP contribution in [0.25, 0.3) is 5.69 Å². The van der Waals surface area contributed by atoms with E-state index in [0.717, 1.165) is 23.6 Å². The summed E-state index contributed by atoms with van der Waals surface area (Å²) in [4.78, 5) is 12.4. The fourth-order valence-electron chi connectivity index (χ4n) is 3.75. The molecule has 7 heteroatoms. The number of carbonyl (C=O) groups is 1. The first-order valence-corrected chi connectivity index (χ1v) is 12.8. The van der Waals surface area contributed by atoms with Crippen LogP contribution in [0.2, 0.25) is 5.15 Å². The number of rotatable bonds is 14. The Bertz CT molecular complexity index is 1080. The highest BCUT2D eigenvalue weighted by molar-refractivity contribution is 6.32. The molecule has 0 radical (unpaired) electrons. The minimum Gasteiger partial charge on any atom is -0.494 e. The van der Waals surface area contributed by atoms with Gasteiger partial charge in [0.25, 0.3) is 5.91 Å². The van der Waals surface area contributed by atoms with Gasteiger partial charge in [0.2, 0.25) is 0 Å². The Morgan fingerprint density at radius 1 is 1.00 bits per heavy atom. The lowest BCUT2D eigenvalue weighted by Crippen LogP contribution is -2.17. The standard InChI is InChI=1S/C28H35ClN4O2/c1-3-4-5-6-7-8-9-13-20-35-25-18-16-23(17-19-25)28(34)31-30-21-26-22(2)32-33(27(26)29)24-14-11-10-12-15-24/h10-12,14-19,21H,3-9,13,20H2,1-2H3,(H,31,34). The molecule has 1 N–H and O–H groups in total. The smallest absolute Gasteiger partial charge is 0.271 e.